The monoisotopic (exact) mass is 334 g/mol. The van der Waals surface area contributed by atoms with Crippen LogP contribution in [-0.2, 0) is 9.53 Å². The molecule has 1 aliphatic heterocycles. The summed E-state index contributed by atoms with van der Waals surface area (Å²) in [5.74, 6) is 0.151. The van der Waals surface area contributed by atoms with Crippen molar-refractivity contribution < 1.29 is 9.53 Å². The highest BCUT2D eigenvalue weighted by Crippen LogP contribution is 2.24. The fraction of sp³-hybridized carbons (Fsp3) is 0.0588. The smallest absolute Gasteiger partial charge is 0.283 e. The lowest BCUT2D eigenvalue weighted by Gasteiger charge is -1.96. The highest BCUT2D eigenvalue weighted by molar-refractivity contribution is 6.03. The molecule has 1 aliphatic rings. The fourth-order valence-electron chi connectivity index (χ4n) is 1.99. The first-order valence-electron chi connectivity index (χ1n) is 7.39. The van der Waals surface area contributed by atoms with Crippen LogP contribution in [0.5, 0.6) is 0 Å². The number of hydrogen-bond acceptors (Lipinski definition) is 6. The van der Waals surface area contributed by atoms with Crippen LogP contribution in [0.4, 0.5) is 5.82 Å². The number of ether oxygens (including phenoxy) is 1. The first-order chi connectivity index (χ1) is 12.3. The van der Waals surface area contributed by atoms with Gasteiger partial charge in [-0.05, 0) is 18.2 Å². The molecule has 8 heteroatoms. The molecule has 124 valence electrons. The maximum absolute atomic E-state index is 11.4. The lowest BCUT2D eigenvalue weighted by Crippen LogP contribution is -2.01. The van der Waals surface area contributed by atoms with Crippen molar-refractivity contribution in [3.63, 3.8) is 0 Å². The second-order valence-electron chi connectivity index (χ2n) is 4.76. The molecule has 0 atom stereocenters. The summed E-state index contributed by atoms with van der Waals surface area (Å²) in [5, 5.41) is 0.771. The normalized spacial score (nSPS) is 19.1. The Hall–Kier alpha value is -3.68. The average Bonchev–Trinajstić information content (AvgIpc) is 3.03. The van der Waals surface area contributed by atoms with Gasteiger partial charge in [0.1, 0.15) is 12.0 Å². The van der Waals surface area contributed by atoms with Gasteiger partial charge in [0.15, 0.2) is 12.4 Å². The van der Waals surface area contributed by atoms with Gasteiger partial charge in [-0.25, -0.2) is 20.0 Å². The van der Waals surface area contributed by atoms with E-state index in [4.69, 9.17) is 4.74 Å². The van der Waals surface area contributed by atoms with Crippen molar-refractivity contribution >= 4 is 41.4 Å². The van der Waals surface area contributed by atoms with Gasteiger partial charge in [-0.1, -0.05) is 6.08 Å². The maximum atomic E-state index is 11.4. The van der Waals surface area contributed by atoms with Gasteiger partial charge in [-0.2, -0.15) is 0 Å². The Bertz CT molecular complexity index is 934. The number of allylic oxidation sites excluding steroid dienone is 4. The molecule has 0 unspecified atom stereocenters. The van der Waals surface area contributed by atoms with Crippen molar-refractivity contribution in [2.24, 2.45) is 15.0 Å². The molecule has 3 heterocycles. The number of hydrogen-bond donors (Lipinski definition) is 1. The van der Waals surface area contributed by atoms with E-state index in [2.05, 4.69) is 29.9 Å². The summed E-state index contributed by atoms with van der Waals surface area (Å²) in [5.41, 5.74) is 1.48. The predicted molar refractivity (Wildman–Crippen MR) is 96.5 cm³/mol. The van der Waals surface area contributed by atoms with E-state index >= 15 is 0 Å². The van der Waals surface area contributed by atoms with Crippen LogP contribution < -0.4 is 0 Å². The van der Waals surface area contributed by atoms with Crippen molar-refractivity contribution in [1.82, 2.24) is 15.0 Å². The Balaban J connectivity index is 1.96. The number of carbonyl (C=O) groups is 1. The molecule has 25 heavy (non-hydrogen) atoms. The van der Waals surface area contributed by atoms with Crippen LogP contribution in [0.25, 0.3) is 11.0 Å². The summed E-state index contributed by atoms with van der Waals surface area (Å²) in [6.07, 6.45) is 17.4. The number of aromatic amines is 1. The Labute approximate surface area is 143 Å². The van der Waals surface area contributed by atoms with Crippen molar-refractivity contribution in [3.8, 4) is 0 Å². The van der Waals surface area contributed by atoms with E-state index < -0.39 is 0 Å². The molecule has 0 saturated carbocycles. The third kappa shape index (κ3) is 4.41. The van der Waals surface area contributed by atoms with E-state index in [1.165, 1.54) is 25.0 Å². The van der Waals surface area contributed by atoms with E-state index in [1.807, 2.05) is 0 Å². The third-order valence-corrected chi connectivity index (χ3v) is 3.06. The van der Waals surface area contributed by atoms with Gasteiger partial charge in [-0.3, -0.25) is 9.79 Å². The number of nitrogens with zero attached hydrogens (tertiary/aromatic N) is 5. The Morgan fingerprint density at radius 1 is 1.04 bits per heavy atom. The highest BCUT2D eigenvalue weighted by Gasteiger charge is 2.08. The van der Waals surface area contributed by atoms with E-state index in [0.717, 1.165) is 10.9 Å². The molecule has 0 fully saturated rings. The first kappa shape index (κ1) is 16.2. The molecule has 2 aromatic heterocycles. The van der Waals surface area contributed by atoms with E-state index in [1.54, 1.807) is 42.9 Å². The van der Waals surface area contributed by atoms with Gasteiger partial charge in [0.2, 0.25) is 0 Å². The quantitative estimate of drug-likeness (QED) is 0.798. The van der Waals surface area contributed by atoms with Crippen LogP contribution in [0.15, 0.2) is 64.3 Å². The second kappa shape index (κ2) is 8.25. The van der Waals surface area contributed by atoms with E-state index in [0.29, 0.717) is 11.5 Å². The summed E-state index contributed by atoms with van der Waals surface area (Å²) < 4.78 is 5.06. The van der Waals surface area contributed by atoms with Crippen molar-refractivity contribution in [2.45, 2.75) is 0 Å². The van der Waals surface area contributed by atoms with Gasteiger partial charge < -0.3 is 9.72 Å². The molecule has 1 amide bonds. The van der Waals surface area contributed by atoms with Crippen LogP contribution in [0.2, 0.25) is 0 Å². The highest BCUT2D eigenvalue weighted by atomic mass is 16.5. The van der Waals surface area contributed by atoms with Crippen LogP contribution in [0.1, 0.15) is 5.56 Å². The molecule has 8 nitrogen and oxygen atoms in total. The lowest BCUT2D eigenvalue weighted by molar-refractivity contribution is -0.120. The first-order valence-corrected chi connectivity index (χ1v) is 7.39. The van der Waals surface area contributed by atoms with E-state index in [9.17, 15) is 4.79 Å². The van der Waals surface area contributed by atoms with Gasteiger partial charge in [-0.15, -0.1) is 0 Å². The van der Waals surface area contributed by atoms with Crippen LogP contribution in [0, 0.1) is 0 Å². The Morgan fingerprint density at radius 2 is 1.96 bits per heavy atom. The molecule has 1 N–H and O–H groups in total. The summed E-state index contributed by atoms with van der Waals surface area (Å²) in [6, 6.07) is 0. The predicted octanol–water partition coefficient (Wildman–Crippen LogP) is 2.29. The molecule has 0 spiro atoms. The number of amides is 1. The summed E-state index contributed by atoms with van der Waals surface area (Å²) in [6.45, 7) is -0.127. The van der Waals surface area contributed by atoms with Gasteiger partial charge >= 0.3 is 0 Å². The lowest BCUT2D eigenvalue weighted by atomic mass is 10.2. The molecule has 0 saturated heterocycles. The van der Waals surface area contributed by atoms with Crippen molar-refractivity contribution in [1.29, 1.82) is 0 Å². The number of aromatic nitrogens is 3. The van der Waals surface area contributed by atoms with E-state index in [-0.39, 0.29) is 12.5 Å². The van der Waals surface area contributed by atoms with Crippen molar-refractivity contribution in [3.05, 3.63) is 54.9 Å². The van der Waals surface area contributed by atoms with Gasteiger partial charge in [0.05, 0.1) is 11.6 Å². The summed E-state index contributed by atoms with van der Waals surface area (Å²) in [7, 11) is 0. The standard InChI is InChI=1S/C17H14N6O2/c24-14-11-25-8-3-1-2-6-20-16-15-13(9-18-5-4-7-19-14)10-21-17(15)23-12-22-16/h1-10,12H,11H2,(H,21,22,23)/b2-1-,5-4-,8-3-,18-9?,19-7?,20-6?. The molecule has 0 radical (unpaired) electrons. The molecular weight excluding hydrogens is 320 g/mol. The molecule has 2 aromatic rings. The SMILES string of the molecule is O=C1CO/C=C\C=C/C=Nc2ncnc3[nH]cc(c23)C=N/C=C\C=N1. The average molecular weight is 334 g/mol. The largest absolute Gasteiger partial charge is 0.491 e. The molecule has 0 bridgehead atoms. The van der Waals surface area contributed by atoms with Gasteiger partial charge in [0, 0.05) is 36.6 Å². The fourth-order valence-corrected chi connectivity index (χ4v) is 1.99. The number of aliphatic imine (C=N–C) groups is 3. The second-order valence-corrected chi connectivity index (χ2v) is 4.76. The minimum absolute atomic E-state index is 0.127. The number of rotatable bonds is 0. The van der Waals surface area contributed by atoms with Crippen LogP contribution in [0.3, 0.4) is 0 Å². The molecule has 0 aromatic carbocycles. The summed E-state index contributed by atoms with van der Waals surface area (Å²) >= 11 is 0. The number of nitrogens with one attached hydrogen (secondary N) is 1. The Morgan fingerprint density at radius 3 is 2.92 bits per heavy atom. The number of H-pyrrole nitrogens is 1. The summed E-state index contributed by atoms with van der Waals surface area (Å²) in [4.78, 5) is 35.1. The molecule has 3 rings (SSSR count). The minimum Gasteiger partial charge on any atom is -0.491 e. The zero-order valence-electron chi connectivity index (χ0n) is 13.1. The maximum Gasteiger partial charge on any atom is 0.283 e. The number of carbonyl (C=O) groups excluding carboxylic acids is 1. The molecular formula is C17H14N6O2. The topological polar surface area (TPSA) is 105 Å². The molecule has 0 aliphatic carbocycles. The van der Waals surface area contributed by atoms with Gasteiger partial charge in [0.25, 0.3) is 5.91 Å². The zero-order valence-corrected chi connectivity index (χ0v) is 13.1. The Kier molecular flexibility index (Phi) is 5.34. The zero-order chi connectivity index (χ0) is 17.3. The third-order valence-electron chi connectivity index (χ3n) is 3.06. The van der Waals surface area contributed by atoms with Crippen molar-refractivity contribution in [2.75, 3.05) is 6.61 Å². The minimum atomic E-state index is -0.386. The van der Waals surface area contributed by atoms with Crippen LogP contribution >= 0.6 is 0 Å². The van der Waals surface area contributed by atoms with Crippen LogP contribution in [-0.4, -0.2) is 46.1 Å².